The molecule has 4 aromatic rings. The maximum absolute atomic E-state index is 12.5. The van der Waals surface area contributed by atoms with Crippen molar-refractivity contribution in [2.45, 2.75) is 25.9 Å². The molecular weight excluding hydrogens is 528 g/mol. The molecule has 5 rings (SSSR count). The van der Waals surface area contributed by atoms with Crippen LogP contribution in [0.25, 0.3) is 11.3 Å². The summed E-state index contributed by atoms with van der Waals surface area (Å²) in [4.78, 5) is 30.4. The zero-order valence-electron chi connectivity index (χ0n) is 22.3. The topological polar surface area (TPSA) is 107 Å². The first-order valence-corrected chi connectivity index (χ1v) is 13.9. The molecule has 0 spiro atoms. The van der Waals surface area contributed by atoms with E-state index in [1.54, 1.807) is 20.3 Å². The summed E-state index contributed by atoms with van der Waals surface area (Å²) in [6.07, 6.45) is 2.37. The summed E-state index contributed by atoms with van der Waals surface area (Å²) in [6.45, 7) is 1.73. The van der Waals surface area contributed by atoms with Crippen molar-refractivity contribution in [3.05, 3.63) is 98.9 Å². The average Bonchev–Trinajstić information content (AvgIpc) is 3.68. The van der Waals surface area contributed by atoms with Gasteiger partial charge in [0.1, 0.15) is 0 Å². The first kappa shape index (κ1) is 27.1. The Hall–Kier alpha value is -4.44. The number of hydrogen-bond acceptors (Lipinski definition) is 8. The van der Waals surface area contributed by atoms with Crippen LogP contribution in [0.3, 0.4) is 0 Å². The molecule has 1 amide bonds. The predicted octanol–water partition coefficient (Wildman–Crippen LogP) is 6.08. The van der Waals surface area contributed by atoms with Crippen LogP contribution >= 0.6 is 11.3 Å². The Morgan fingerprint density at radius 3 is 2.55 bits per heavy atom. The zero-order valence-corrected chi connectivity index (χ0v) is 23.1. The van der Waals surface area contributed by atoms with Gasteiger partial charge in [-0.3, -0.25) is 14.9 Å². The molecule has 0 aliphatic heterocycles. The summed E-state index contributed by atoms with van der Waals surface area (Å²) in [5.74, 6) is 1.85. The summed E-state index contributed by atoms with van der Waals surface area (Å²) < 4.78 is 11.2. The molecule has 40 heavy (non-hydrogen) atoms. The number of para-hydroxylation sites is 1. The molecule has 0 unspecified atom stereocenters. The van der Waals surface area contributed by atoms with E-state index in [2.05, 4.69) is 10.2 Å². The van der Waals surface area contributed by atoms with Gasteiger partial charge < -0.3 is 19.7 Å². The first-order valence-electron chi connectivity index (χ1n) is 13.0. The third-order valence-corrected chi connectivity index (χ3v) is 7.70. The number of rotatable bonds is 12. The van der Waals surface area contributed by atoms with Gasteiger partial charge in [0, 0.05) is 53.8 Å². The summed E-state index contributed by atoms with van der Waals surface area (Å²) in [5.41, 5.74) is 3.92. The lowest BCUT2D eigenvalue weighted by Crippen LogP contribution is -2.25. The largest absolute Gasteiger partial charge is 0.493 e. The molecule has 1 N–H and O–H groups in total. The SMILES string of the molecule is COc1cccc(CN(Cc2ccc(C(=O)NCC3CC3)cc2)c2nc(-c3cccc([N+](=O)[O-])c3)cs2)c1OC. The van der Waals surface area contributed by atoms with Gasteiger partial charge in [-0.25, -0.2) is 4.98 Å². The smallest absolute Gasteiger partial charge is 0.270 e. The highest BCUT2D eigenvalue weighted by Crippen LogP contribution is 2.35. The van der Waals surface area contributed by atoms with Crippen LogP contribution in [0.2, 0.25) is 0 Å². The Kier molecular flexibility index (Phi) is 8.26. The highest BCUT2D eigenvalue weighted by Gasteiger charge is 2.22. The second-order valence-electron chi connectivity index (χ2n) is 9.68. The van der Waals surface area contributed by atoms with E-state index in [4.69, 9.17) is 14.5 Å². The summed E-state index contributed by atoms with van der Waals surface area (Å²) >= 11 is 1.46. The number of carbonyl (C=O) groups excluding carboxylic acids is 1. The average molecular weight is 559 g/mol. The van der Waals surface area contributed by atoms with E-state index in [9.17, 15) is 14.9 Å². The van der Waals surface area contributed by atoms with E-state index in [1.807, 2.05) is 53.9 Å². The zero-order chi connectivity index (χ0) is 28.1. The second kappa shape index (κ2) is 12.2. The molecule has 0 radical (unpaired) electrons. The maximum Gasteiger partial charge on any atom is 0.270 e. The van der Waals surface area contributed by atoms with Crippen molar-refractivity contribution in [3.63, 3.8) is 0 Å². The molecule has 206 valence electrons. The van der Waals surface area contributed by atoms with Crippen molar-refractivity contribution >= 4 is 28.1 Å². The van der Waals surface area contributed by atoms with Gasteiger partial charge in [0.05, 0.1) is 24.8 Å². The van der Waals surface area contributed by atoms with E-state index in [-0.39, 0.29) is 11.6 Å². The van der Waals surface area contributed by atoms with Crippen LogP contribution in [0.4, 0.5) is 10.8 Å². The lowest BCUT2D eigenvalue weighted by molar-refractivity contribution is -0.384. The molecule has 1 aromatic heterocycles. The van der Waals surface area contributed by atoms with Crippen LogP contribution in [0.15, 0.2) is 72.1 Å². The van der Waals surface area contributed by atoms with E-state index in [0.29, 0.717) is 47.3 Å². The van der Waals surface area contributed by atoms with Gasteiger partial charge in [0.15, 0.2) is 16.6 Å². The lowest BCUT2D eigenvalue weighted by atomic mass is 10.1. The van der Waals surface area contributed by atoms with Crippen molar-refractivity contribution < 1.29 is 19.2 Å². The number of methoxy groups -OCH3 is 2. The molecule has 1 fully saturated rings. The molecule has 0 saturated heterocycles. The third kappa shape index (κ3) is 6.40. The van der Waals surface area contributed by atoms with Crippen LogP contribution < -0.4 is 19.7 Å². The van der Waals surface area contributed by atoms with Crippen molar-refractivity contribution in [1.82, 2.24) is 10.3 Å². The monoisotopic (exact) mass is 558 g/mol. The fourth-order valence-corrected chi connectivity index (χ4v) is 5.27. The Morgan fingerprint density at radius 1 is 1.07 bits per heavy atom. The fraction of sp³-hybridized carbons (Fsp3) is 0.267. The summed E-state index contributed by atoms with van der Waals surface area (Å²) in [6, 6.07) is 19.8. The number of non-ortho nitro benzene ring substituents is 1. The van der Waals surface area contributed by atoms with Gasteiger partial charge in [-0.1, -0.05) is 36.4 Å². The molecule has 3 aromatic carbocycles. The number of nitro groups is 1. The van der Waals surface area contributed by atoms with E-state index >= 15 is 0 Å². The Morgan fingerprint density at radius 2 is 1.85 bits per heavy atom. The number of ether oxygens (including phenoxy) is 2. The van der Waals surface area contributed by atoms with Gasteiger partial charge >= 0.3 is 0 Å². The standard InChI is InChI=1S/C30H30N4O5S/c1-38-27-8-4-6-24(28(27)39-2)18-33(17-21-11-13-22(14-12-21)29(35)31-16-20-9-10-20)30-32-26(19-40-30)23-5-3-7-25(15-23)34(36)37/h3-8,11-15,19-20H,9-10,16-18H2,1-2H3,(H,31,35). The number of carbonyl (C=O) groups is 1. The Balaban J connectivity index is 1.42. The minimum Gasteiger partial charge on any atom is -0.493 e. The number of anilines is 1. The minimum absolute atomic E-state index is 0.0197. The van der Waals surface area contributed by atoms with Crippen molar-refractivity contribution in [1.29, 1.82) is 0 Å². The van der Waals surface area contributed by atoms with Crippen molar-refractivity contribution in [2.75, 3.05) is 25.7 Å². The van der Waals surface area contributed by atoms with Crippen molar-refractivity contribution in [3.8, 4) is 22.8 Å². The number of thiazole rings is 1. The van der Waals surface area contributed by atoms with Crippen molar-refractivity contribution in [2.24, 2.45) is 5.92 Å². The summed E-state index contributed by atoms with van der Waals surface area (Å²) in [7, 11) is 3.22. The fourth-order valence-electron chi connectivity index (χ4n) is 4.44. The maximum atomic E-state index is 12.5. The minimum atomic E-state index is -0.409. The molecule has 1 saturated carbocycles. The molecule has 1 aliphatic rings. The van der Waals surface area contributed by atoms with E-state index in [0.717, 1.165) is 22.8 Å². The van der Waals surface area contributed by atoms with Gasteiger partial charge in [0.25, 0.3) is 11.6 Å². The number of benzene rings is 3. The number of aromatic nitrogens is 1. The number of hydrogen-bond donors (Lipinski definition) is 1. The molecule has 10 heteroatoms. The van der Waals surface area contributed by atoms with Crippen LogP contribution in [0.5, 0.6) is 11.5 Å². The number of nitrogens with one attached hydrogen (secondary N) is 1. The molecule has 0 atom stereocenters. The third-order valence-electron chi connectivity index (χ3n) is 6.80. The number of nitrogens with zero attached hydrogens (tertiary/aromatic N) is 3. The molecule has 9 nitrogen and oxygen atoms in total. The predicted molar refractivity (Wildman–Crippen MR) is 155 cm³/mol. The van der Waals surface area contributed by atoms with Crippen LogP contribution in [0, 0.1) is 16.0 Å². The van der Waals surface area contributed by atoms with Crippen LogP contribution in [0.1, 0.15) is 34.3 Å². The van der Waals surface area contributed by atoms with Gasteiger partial charge in [0.2, 0.25) is 0 Å². The lowest BCUT2D eigenvalue weighted by Gasteiger charge is -2.24. The molecular formula is C30H30N4O5S. The Bertz CT molecular complexity index is 1500. The molecule has 1 heterocycles. The highest BCUT2D eigenvalue weighted by atomic mass is 32.1. The van der Waals surface area contributed by atoms with Gasteiger partial charge in [-0.2, -0.15) is 0 Å². The summed E-state index contributed by atoms with van der Waals surface area (Å²) in [5, 5.41) is 16.9. The first-order chi connectivity index (χ1) is 19.4. The molecule has 1 aliphatic carbocycles. The number of nitro benzene ring substituents is 1. The van der Waals surface area contributed by atoms with Crippen LogP contribution in [-0.4, -0.2) is 36.6 Å². The normalized spacial score (nSPS) is 12.6. The quantitative estimate of drug-likeness (QED) is 0.166. The van der Waals surface area contributed by atoms with Gasteiger partial charge in [-0.05, 0) is 42.5 Å². The Labute approximate surface area is 236 Å². The van der Waals surface area contributed by atoms with E-state index < -0.39 is 4.92 Å². The van der Waals surface area contributed by atoms with Gasteiger partial charge in [-0.15, -0.1) is 11.3 Å². The second-order valence-corrected chi connectivity index (χ2v) is 10.5. The number of amides is 1. The van der Waals surface area contributed by atoms with E-state index in [1.165, 1.54) is 36.3 Å². The molecule has 0 bridgehead atoms. The highest BCUT2D eigenvalue weighted by molar-refractivity contribution is 7.14. The van der Waals surface area contributed by atoms with Crippen LogP contribution in [-0.2, 0) is 13.1 Å².